The van der Waals surface area contributed by atoms with E-state index in [2.05, 4.69) is 23.7 Å². The lowest BCUT2D eigenvalue weighted by Gasteiger charge is -2.24. The van der Waals surface area contributed by atoms with Gasteiger partial charge >= 0.3 is 0 Å². The average Bonchev–Trinajstić information content (AvgIpc) is 2.42. The maximum atomic E-state index is 5.53. The Hall–Kier alpha value is -1.21. The maximum Gasteiger partial charge on any atom is 0.149 e. The van der Waals surface area contributed by atoms with Gasteiger partial charge in [0.1, 0.15) is 12.4 Å². The van der Waals surface area contributed by atoms with Crippen LogP contribution in [0.5, 0.6) is 5.75 Å². The number of benzene rings is 1. The number of nitrogens with zero attached hydrogens (tertiary/aromatic N) is 1. The smallest absolute Gasteiger partial charge is 0.149 e. The molecule has 0 unspecified atom stereocenters. The van der Waals surface area contributed by atoms with E-state index < -0.39 is 0 Å². The molecule has 3 nitrogen and oxygen atoms in total. The van der Waals surface area contributed by atoms with Crippen LogP contribution in [0.4, 0.5) is 0 Å². The van der Waals surface area contributed by atoms with Crippen LogP contribution in [0.25, 0.3) is 0 Å². The van der Waals surface area contributed by atoms with Crippen LogP contribution in [0, 0.1) is 18.8 Å². The Bertz CT molecular complexity index is 416. The first kappa shape index (κ1) is 15.8. The molecule has 1 aliphatic heterocycles. The highest BCUT2D eigenvalue weighted by atomic mass is 35.5. The summed E-state index contributed by atoms with van der Waals surface area (Å²) in [4.78, 5) is 2.29. The van der Waals surface area contributed by atoms with E-state index in [4.69, 9.17) is 9.47 Å². The van der Waals surface area contributed by atoms with Crippen molar-refractivity contribution in [3.05, 3.63) is 29.8 Å². The van der Waals surface area contributed by atoms with Gasteiger partial charge in [0, 0.05) is 13.1 Å². The molecule has 0 atom stereocenters. The van der Waals surface area contributed by atoms with Gasteiger partial charge in [0.15, 0.2) is 0 Å². The fourth-order valence-corrected chi connectivity index (χ4v) is 1.73. The van der Waals surface area contributed by atoms with Gasteiger partial charge in [-0.1, -0.05) is 29.5 Å². The summed E-state index contributed by atoms with van der Waals surface area (Å²) < 4.78 is 10.8. The first-order valence-electron chi connectivity index (χ1n) is 6.30. The third-order valence-electron chi connectivity index (χ3n) is 2.86. The van der Waals surface area contributed by atoms with Crippen molar-refractivity contribution in [1.82, 2.24) is 4.90 Å². The van der Waals surface area contributed by atoms with Crippen molar-refractivity contribution < 1.29 is 9.47 Å². The summed E-state index contributed by atoms with van der Waals surface area (Å²) in [5, 5.41) is 0. The Kier molecular flexibility index (Phi) is 7.35. The Morgan fingerprint density at radius 3 is 2.53 bits per heavy atom. The number of hydrogen-bond donors (Lipinski definition) is 0. The first-order valence-corrected chi connectivity index (χ1v) is 6.30. The molecule has 2 rings (SSSR count). The minimum Gasteiger partial charge on any atom is -0.481 e. The third-order valence-corrected chi connectivity index (χ3v) is 2.86. The predicted octanol–water partition coefficient (Wildman–Crippen LogP) is 2.13. The van der Waals surface area contributed by atoms with Crippen LogP contribution < -0.4 is 4.74 Å². The Morgan fingerprint density at radius 2 is 1.84 bits per heavy atom. The van der Waals surface area contributed by atoms with Crippen molar-refractivity contribution in [2.45, 2.75) is 6.92 Å². The van der Waals surface area contributed by atoms with Crippen molar-refractivity contribution in [3.8, 4) is 17.6 Å². The molecule has 0 aliphatic carbocycles. The zero-order chi connectivity index (χ0) is 12.6. The molecule has 4 heteroatoms. The SMILES string of the molecule is Cc1ccc(OCC#CCN2CCOCC2)cc1.Cl. The molecule has 0 amide bonds. The molecule has 1 fully saturated rings. The van der Waals surface area contributed by atoms with Gasteiger partial charge in [0.25, 0.3) is 0 Å². The quantitative estimate of drug-likeness (QED) is 0.793. The Morgan fingerprint density at radius 1 is 1.16 bits per heavy atom. The number of aryl methyl sites for hydroxylation is 1. The van der Waals surface area contributed by atoms with E-state index in [-0.39, 0.29) is 12.4 Å². The van der Waals surface area contributed by atoms with Crippen LogP contribution in [0.15, 0.2) is 24.3 Å². The molecule has 0 aromatic heterocycles. The van der Waals surface area contributed by atoms with Crippen LogP contribution >= 0.6 is 12.4 Å². The van der Waals surface area contributed by atoms with Crippen molar-refractivity contribution >= 4 is 12.4 Å². The monoisotopic (exact) mass is 281 g/mol. The summed E-state index contributed by atoms with van der Waals surface area (Å²) in [7, 11) is 0. The lowest BCUT2D eigenvalue weighted by molar-refractivity contribution is 0.0443. The van der Waals surface area contributed by atoms with Crippen molar-refractivity contribution in [2.24, 2.45) is 0 Å². The van der Waals surface area contributed by atoms with E-state index in [0.29, 0.717) is 6.61 Å². The summed E-state index contributed by atoms with van der Waals surface area (Å²) in [6.45, 7) is 6.92. The maximum absolute atomic E-state index is 5.53. The van der Waals surface area contributed by atoms with Crippen LogP contribution in [-0.2, 0) is 4.74 Å². The summed E-state index contributed by atoms with van der Waals surface area (Å²) >= 11 is 0. The molecule has 1 aromatic rings. The normalized spacial score (nSPS) is 15.0. The van der Waals surface area contributed by atoms with E-state index in [1.165, 1.54) is 5.56 Å². The second kappa shape index (κ2) is 8.82. The standard InChI is InChI=1S/C15H19NO2.ClH/c1-14-4-6-15(7-5-14)18-11-3-2-8-16-9-12-17-13-10-16;/h4-7H,8-13H2,1H3;1H. The second-order valence-electron chi connectivity index (χ2n) is 4.34. The zero-order valence-electron chi connectivity index (χ0n) is 11.2. The highest BCUT2D eigenvalue weighted by molar-refractivity contribution is 5.85. The minimum absolute atomic E-state index is 0. The summed E-state index contributed by atoms with van der Waals surface area (Å²) in [6, 6.07) is 8.02. The topological polar surface area (TPSA) is 21.7 Å². The molecule has 0 bridgehead atoms. The molecule has 1 aromatic carbocycles. The average molecular weight is 282 g/mol. The number of halogens is 1. The lowest BCUT2D eigenvalue weighted by Crippen LogP contribution is -2.36. The first-order chi connectivity index (χ1) is 8.84. The van der Waals surface area contributed by atoms with Crippen molar-refractivity contribution in [3.63, 3.8) is 0 Å². The summed E-state index contributed by atoms with van der Waals surface area (Å²) in [5.41, 5.74) is 1.24. The molecular formula is C15H20ClNO2. The number of hydrogen-bond acceptors (Lipinski definition) is 3. The molecule has 1 aliphatic rings. The molecule has 104 valence electrons. The van der Waals surface area contributed by atoms with E-state index in [1.54, 1.807) is 0 Å². The Labute approximate surface area is 121 Å². The van der Waals surface area contributed by atoms with Crippen LogP contribution in [0.1, 0.15) is 5.56 Å². The zero-order valence-corrected chi connectivity index (χ0v) is 12.0. The molecule has 19 heavy (non-hydrogen) atoms. The van der Waals surface area contributed by atoms with Gasteiger partial charge in [-0.2, -0.15) is 0 Å². The lowest BCUT2D eigenvalue weighted by atomic mass is 10.2. The van der Waals surface area contributed by atoms with E-state index in [1.807, 2.05) is 24.3 Å². The number of rotatable bonds is 3. The molecule has 1 heterocycles. The van der Waals surface area contributed by atoms with Gasteiger partial charge in [-0.15, -0.1) is 12.4 Å². The number of ether oxygens (including phenoxy) is 2. The van der Waals surface area contributed by atoms with Gasteiger partial charge in [-0.3, -0.25) is 4.90 Å². The molecule has 0 spiro atoms. The molecule has 1 saturated heterocycles. The van der Waals surface area contributed by atoms with Gasteiger partial charge in [-0.05, 0) is 19.1 Å². The largest absolute Gasteiger partial charge is 0.481 e. The summed E-state index contributed by atoms with van der Waals surface area (Å²) in [5.74, 6) is 7.05. The molecule has 0 saturated carbocycles. The van der Waals surface area contributed by atoms with E-state index in [9.17, 15) is 0 Å². The van der Waals surface area contributed by atoms with Gasteiger partial charge in [0.2, 0.25) is 0 Å². The predicted molar refractivity (Wildman–Crippen MR) is 79.0 cm³/mol. The third kappa shape index (κ3) is 5.98. The van der Waals surface area contributed by atoms with Gasteiger partial charge in [-0.25, -0.2) is 0 Å². The van der Waals surface area contributed by atoms with Gasteiger partial charge < -0.3 is 9.47 Å². The van der Waals surface area contributed by atoms with Crippen LogP contribution in [-0.4, -0.2) is 44.4 Å². The van der Waals surface area contributed by atoms with Crippen molar-refractivity contribution in [2.75, 3.05) is 39.5 Å². The van der Waals surface area contributed by atoms with E-state index in [0.717, 1.165) is 38.6 Å². The minimum atomic E-state index is 0. The van der Waals surface area contributed by atoms with Crippen LogP contribution in [0.2, 0.25) is 0 Å². The van der Waals surface area contributed by atoms with Crippen molar-refractivity contribution in [1.29, 1.82) is 0 Å². The molecule has 0 radical (unpaired) electrons. The van der Waals surface area contributed by atoms with E-state index >= 15 is 0 Å². The second-order valence-corrected chi connectivity index (χ2v) is 4.34. The fourth-order valence-electron chi connectivity index (χ4n) is 1.73. The summed E-state index contributed by atoms with van der Waals surface area (Å²) in [6.07, 6.45) is 0. The van der Waals surface area contributed by atoms with Crippen LogP contribution in [0.3, 0.4) is 0 Å². The highest BCUT2D eigenvalue weighted by Gasteiger charge is 2.07. The molecule has 0 N–H and O–H groups in total. The molecular weight excluding hydrogens is 262 g/mol. The fraction of sp³-hybridized carbons (Fsp3) is 0.467. The number of morpholine rings is 1. The van der Waals surface area contributed by atoms with Gasteiger partial charge in [0.05, 0.1) is 19.8 Å². The Balaban J connectivity index is 0.00000180. The highest BCUT2D eigenvalue weighted by Crippen LogP contribution is 2.10.